The molecule has 0 saturated heterocycles. The van der Waals surface area contributed by atoms with Crippen LogP contribution in [0.25, 0.3) is 0 Å². The lowest BCUT2D eigenvalue weighted by atomic mass is 10.2. The van der Waals surface area contributed by atoms with E-state index in [-0.39, 0.29) is 0 Å². The molecule has 1 aromatic heterocycles. The van der Waals surface area contributed by atoms with Gasteiger partial charge < -0.3 is 11.1 Å². The van der Waals surface area contributed by atoms with Crippen LogP contribution in [0.15, 0.2) is 22.5 Å². The van der Waals surface area contributed by atoms with E-state index >= 15 is 0 Å². The van der Waals surface area contributed by atoms with E-state index < -0.39 is 0 Å². The number of nitrogens with two attached hydrogens (primary N) is 1. The standard InChI is InChI=1S/C13H21N3S/c1-10(9-12-7-4-8-17-12)15-13(14)16-11-5-2-3-6-11/h4,7-8,10-11H,2-3,5-6,9H2,1H3,(H3,14,15,16). The van der Waals surface area contributed by atoms with E-state index in [0.717, 1.165) is 6.42 Å². The third kappa shape index (κ3) is 4.04. The van der Waals surface area contributed by atoms with Crippen LogP contribution in [-0.4, -0.2) is 18.0 Å². The van der Waals surface area contributed by atoms with Crippen molar-refractivity contribution in [1.82, 2.24) is 5.32 Å². The van der Waals surface area contributed by atoms with Crippen molar-refractivity contribution in [2.24, 2.45) is 10.7 Å². The summed E-state index contributed by atoms with van der Waals surface area (Å²) < 4.78 is 0. The smallest absolute Gasteiger partial charge is 0.189 e. The van der Waals surface area contributed by atoms with Crippen LogP contribution in [0.4, 0.5) is 0 Å². The normalized spacial score (nSPS) is 19.5. The van der Waals surface area contributed by atoms with Gasteiger partial charge in [0.25, 0.3) is 0 Å². The quantitative estimate of drug-likeness (QED) is 0.638. The van der Waals surface area contributed by atoms with Crippen molar-refractivity contribution in [3.8, 4) is 0 Å². The van der Waals surface area contributed by atoms with Gasteiger partial charge in [0.15, 0.2) is 5.96 Å². The van der Waals surface area contributed by atoms with E-state index in [9.17, 15) is 0 Å². The fourth-order valence-electron chi connectivity index (χ4n) is 2.30. The maximum Gasteiger partial charge on any atom is 0.189 e. The Balaban J connectivity index is 1.79. The molecule has 1 aliphatic rings. The van der Waals surface area contributed by atoms with E-state index in [2.05, 4.69) is 34.7 Å². The largest absolute Gasteiger partial charge is 0.370 e. The molecule has 1 atom stereocenters. The molecule has 2 rings (SSSR count). The Morgan fingerprint density at radius 2 is 2.35 bits per heavy atom. The molecule has 0 spiro atoms. The molecule has 94 valence electrons. The van der Waals surface area contributed by atoms with Gasteiger partial charge in [0.05, 0.1) is 6.04 Å². The number of aliphatic imine (C=N–C) groups is 1. The lowest BCUT2D eigenvalue weighted by Crippen LogP contribution is -2.40. The van der Waals surface area contributed by atoms with E-state index in [4.69, 9.17) is 5.73 Å². The van der Waals surface area contributed by atoms with Crippen LogP contribution in [0.3, 0.4) is 0 Å². The molecule has 3 nitrogen and oxygen atoms in total. The molecule has 0 amide bonds. The zero-order chi connectivity index (χ0) is 12.1. The Bertz CT molecular complexity index is 353. The molecule has 1 aromatic rings. The van der Waals surface area contributed by atoms with Gasteiger partial charge in [-0.25, -0.2) is 0 Å². The van der Waals surface area contributed by atoms with E-state index in [1.54, 1.807) is 11.3 Å². The first kappa shape index (κ1) is 12.4. The summed E-state index contributed by atoms with van der Waals surface area (Å²) in [4.78, 5) is 5.92. The Hall–Kier alpha value is -1.03. The first-order valence-electron chi connectivity index (χ1n) is 6.36. The minimum atomic E-state index is 0.346. The number of rotatable bonds is 4. The summed E-state index contributed by atoms with van der Waals surface area (Å²) >= 11 is 1.79. The van der Waals surface area contributed by atoms with Crippen molar-refractivity contribution in [2.45, 2.75) is 51.1 Å². The van der Waals surface area contributed by atoms with Gasteiger partial charge in [0, 0.05) is 17.3 Å². The third-order valence-corrected chi connectivity index (χ3v) is 4.03. The zero-order valence-electron chi connectivity index (χ0n) is 10.4. The summed E-state index contributed by atoms with van der Waals surface area (Å²) in [6, 6.07) is 5.05. The van der Waals surface area contributed by atoms with E-state index in [0.29, 0.717) is 18.0 Å². The average Bonchev–Trinajstić information content (AvgIpc) is 2.90. The van der Waals surface area contributed by atoms with Crippen molar-refractivity contribution < 1.29 is 0 Å². The molecular formula is C13H21N3S. The summed E-state index contributed by atoms with van der Waals surface area (Å²) in [7, 11) is 0. The second kappa shape index (κ2) is 6.05. The summed E-state index contributed by atoms with van der Waals surface area (Å²) in [5.41, 5.74) is 5.93. The maximum atomic E-state index is 5.93. The van der Waals surface area contributed by atoms with Gasteiger partial charge in [-0.05, 0) is 31.2 Å². The Morgan fingerprint density at radius 1 is 1.59 bits per heavy atom. The molecule has 1 unspecified atom stereocenters. The molecule has 0 bridgehead atoms. The molecule has 0 radical (unpaired) electrons. The third-order valence-electron chi connectivity index (χ3n) is 3.13. The second-order valence-electron chi connectivity index (χ2n) is 4.78. The SMILES string of the molecule is CC(Cc1cccs1)NC(N)=NC1CCCC1. The van der Waals surface area contributed by atoms with Gasteiger partial charge in [-0.1, -0.05) is 18.9 Å². The summed E-state index contributed by atoms with van der Waals surface area (Å²) in [5, 5.41) is 5.39. The van der Waals surface area contributed by atoms with Crippen LogP contribution in [0.5, 0.6) is 0 Å². The van der Waals surface area contributed by atoms with Crippen LogP contribution in [0.2, 0.25) is 0 Å². The van der Waals surface area contributed by atoms with Crippen molar-refractivity contribution >= 4 is 17.3 Å². The number of hydrogen-bond donors (Lipinski definition) is 2. The summed E-state index contributed by atoms with van der Waals surface area (Å²) in [5.74, 6) is 0.612. The zero-order valence-corrected chi connectivity index (χ0v) is 11.2. The summed E-state index contributed by atoms with van der Waals surface area (Å²) in [6.07, 6.45) is 6.00. The molecular weight excluding hydrogens is 230 g/mol. The molecule has 0 aliphatic heterocycles. The number of guanidine groups is 1. The molecule has 4 heteroatoms. The van der Waals surface area contributed by atoms with E-state index in [1.165, 1.54) is 30.6 Å². The Kier molecular flexibility index (Phi) is 4.42. The first-order chi connectivity index (χ1) is 8.24. The van der Waals surface area contributed by atoms with Crippen LogP contribution in [0.1, 0.15) is 37.5 Å². The molecule has 1 heterocycles. The van der Waals surface area contributed by atoms with E-state index in [1.807, 2.05) is 0 Å². The summed E-state index contributed by atoms with van der Waals surface area (Å²) in [6.45, 7) is 2.15. The van der Waals surface area contributed by atoms with Crippen LogP contribution in [-0.2, 0) is 6.42 Å². The van der Waals surface area contributed by atoms with Gasteiger partial charge in [0.1, 0.15) is 0 Å². The monoisotopic (exact) mass is 251 g/mol. The molecule has 1 aliphatic carbocycles. The van der Waals surface area contributed by atoms with Crippen LogP contribution < -0.4 is 11.1 Å². The van der Waals surface area contributed by atoms with Crippen LogP contribution >= 0.6 is 11.3 Å². The van der Waals surface area contributed by atoms with Crippen molar-refractivity contribution in [3.05, 3.63) is 22.4 Å². The highest BCUT2D eigenvalue weighted by atomic mass is 32.1. The lowest BCUT2D eigenvalue weighted by molar-refractivity contribution is 0.643. The number of hydrogen-bond acceptors (Lipinski definition) is 2. The van der Waals surface area contributed by atoms with Crippen molar-refractivity contribution in [1.29, 1.82) is 0 Å². The minimum Gasteiger partial charge on any atom is -0.370 e. The average molecular weight is 251 g/mol. The predicted octanol–water partition coefficient (Wildman–Crippen LogP) is 2.53. The minimum absolute atomic E-state index is 0.346. The highest BCUT2D eigenvalue weighted by molar-refractivity contribution is 7.09. The Labute approximate surface area is 107 Å². The molecule has 3 N–H and O–H groups in total. The highest BCUT2D eigenvalue weighted by Gasteiger charge is 2.14. The topological polar surface area (TPSA) is 50.4 Å². The van der Waals surface area contributed by atoms with Gasteiger partial charge in [-0.15, -0.1) is 11.3 Å². The predicted molar refractivity (Wildman–Crippen MR) is 74.5 cm³/mol. The highest BCUT2D eigenvalue weighted by Crippen LogP contribution is 2.20. The number of thiophene rings is 1. The van der Waals surface area contributed by atoms with Crippen molar-refractivity contribution in [3.63, 3.8) is 0 Å². The van der Waals surface area contributed by atoms with Crippen LogP contribution in [0, 0.1) is 0 Å². The Morgan fingerprint density at radius 3 is 3.00 bits per heavy atom. The molecule has 17 heavy (non-hydrogen) atoms. The lowest BCUT2D eigenvalue weighted by Gasteiger charge is -2.14. The maximum absolute atomic E-state index is 5.93. The number of nitrogens with zero attached hydrogens (tertiary/aromatic N) is 1. The van der Waals surface area contributed by atoms with Gasteiger partial charge in [0.2, 0.25) is 0 Å². The van der Waals surface area contributed by atoms with Crippen molar-refractivity contribution in [2.75, 3.05) is 0 Å². The molecule has 1 saturated carbocycles. The van der Waals surface area contributed by atoms with Gasteiger partial charge in [-0.2, -0.15) is 0 Å². The van der Waals surface area contributed by atoms with Gasteiger partial charge in [-0.3, -0.25) is 4.99 Å². The second-order valence-corrected chi connectivity index (χ2v) is 5.81. The molecule has 0 aromatic carbocycles. The fourth-order valence-corrected chi connectivity index (χ4v) is 3.14. The first-order valence-corrected chi connectivity index (χ1v) is 7.24. The number of nitrogens with one attached hydrogen (secondary N) is 1. The molecule has 1 fully saturated rings. The van der Waals surface area contributed by atoms with Gasteiger partial charge >= 0.3 is 0 Å². The fraction of sp³-hybridized carbons (Fsp3) is 0.615.